The molecule has 1 unspecified atom stereocenters. The van der Waals surface area contributed by atoms with Crippen LogP contribution in [0.15, 0.2) is 28.7 Å². The number of aliphatic hydroxyl groups is 1. The van der Waals surface area contributed by atoms with Crippen molar-refractivity contribution >= 4 is 27.6 Å². The van der Waals surface area contributed by atoms with Gasteiger partial charge in [0.05, 0.1) is 6.10 Å². The lowest BCUT2D eigenvalue weighted by Crippen LogP contribution is -2.31. The van der Waals surface area contributed by atoms with Crippen LogP contribution < -0.4 is 0 Å². The van der Waals surface area contributed by atoms with E-state index in [0.29, 0.717) is 5.56 Å². The number of amides is 1. The molecule has 0 aliphatic heterocycles. The maximum atomic E-state index is 11.3. The zero-order valence-corrected chi connectivity index (χ0v) is 10.7. The molecular formula is C11H12BrNO4. The summed E-state index contributed by atoms with van der Waals surface area (Å²) in [5.74, 6) is -1.89. The van der Waals surface area contributed by atoms with Crippen LogP contribution in [0.4, 0.5) is 0 Å². The molecule has 0 spiro atoms. The third kappa shape index (κ3) is 3.92. The molecule has 0 radical (unpaired) electrons. The topological polar surface area (TPSA) is 77.8 Å². The lowest BCUT2D eigenvalue weighted by molar-refractivity contribution is -0.166. The Hall–Kier alpha value is -1.24. The molecule has 0 aliphatic carbocycles. The quantitative estimate of drug-likeness (QED) is 0.499. The first-order valence-electron chi connectivity index (χ1n) is 4.85. The molecule has 6 heteroatoms. The molecule has 1 aromatic carbocycles. The van der Waals surface area contributed by atoms with Gasteiger partial charge in [-0.15, -0.1) is 0 Å². The minimum Gasteiger partial charge on any atom is -0.388 e. The van der Waals surface area contributed by atoms with Gasteiger partial charge in [-0.25, -0.2) is 5.06 Å². The number of rotatable bonds is 4. The van der Waals surface area contributed by atoms with Gasteiger partial charge in [-0.3, -0.25) is 14.8 Å². The highest BCUT2D eigenvalue weighted by molar-refractivity contribution is 9.10. The number of likely N-dealkylation sites (N-methyl/N-ethyl adjacent to an activating group) is 1. The molecular weight excluding hydrogens is 290 g/mol. The summed E-state index contributed by atoms with van der Waals surface area (Å²) >= 11 is 3.24. The van der Waals surface area contributed by atoms with Gasteiger partial charge in [-0.2, -0.15) is 0 Å². The number of aliphatic hydroxyl groups excluding tert-OH is 1. The number of nitrogens with zero attached hydrogens (tertiary/aromatic N) is 1. The molecule has 0 heterocycles. The van der Waals surface area contributed by atoms with E-state index in [-0.39, 0.29) is 11.5 Å². The lowest BCUT2D eigenvalue weighted by Gasteiger charge is -2.12. The molecule has 0 saturated carbocycles. The van der Waals surface area contributed by atoms with E-state index in [1.807, 2.05) is 0 Å². The Balaban J connectivity index is 2.70. The number of hydrogen-bond donors (Lipinski definition) is 2. The van der Waals surface area contributed by atoms with Gasteiger partial charge < -0.3 is 5.11 Å². The van der Waals surface area contributed by atoms with Gasteiger partial charge in [0.25, 0.3) is 0 Å². The summed E-state index contributed by atoms with van der Waals surface area (Å²) in [6.45, 7) is 0. The van der Waals surface area contributed by atoms with Gasteiger partial charge in [-0.1, -0.05) is 28.1 Å². The van der Waals surface area contributed by atoms with Crippen molar-refractivity contribution in [3.63, 3.8) is 0 Å². The number of carbonyl (C=O) groups excluding carboxylic acids is 2. The summed E-state index contributed by atoms with van der Waals surface area (Å²) in [5, 5.41) is 18.7. The van der Waals surface area contributed by atoms with Crippen molar-refractivity contribution in [3.8, 4) is 0 Å². The predicted molar refractivity (Wildman–Crippen MR) is 63.3 cm³/mol. The fourth-order valence-corrected chi connectivity index (χ4v) is 1.69. The molecule has 1 atom stereocenters. The second-order valence-corrected chi connectivity index (χ2v) is 4.44. The molecule has 1 rings (SSSR count). The van der Waals surface area contributed by atoms with Crippen molar-refractivity contribution in [1.29, 1.82) is 0 Å². The van der Waals surface area contributed by atoms with Crippen molar-refractivity contribution < 1.29 is 19.9 Å². The summed E-state index contributed by atoms with van der Waals surface area (Å²) in [5.41, 5.74) is 0.529. The highest BCUT2D eigenvalue weighted by Gasteiger charge is 2.21. The fourth-order valence-electron chi connectivity index (χ4n) is 1.28. The van der Waals surface area contributed by atoms with Crippen molar-refractivity contribution in [2.24, 2.45) is 0 Å². The monoisotopic (exact) mass is 301 g/mol. The largest absolute Gasteiger partial charge is 0.388 e. The first-order valence-corrected chi connectivity index (χ1v) is 5.64. The molecule has 92 valence electrons. The molecule has 2 N–H and O–H groups in total. The molecule has 0 bridgehead atoms. The molecule has 1 amide bonds. The zero-order chi connectivity index (χ0) is 13.0. The van der Waals surface area contributed by atoms with Crippen LogP contribution in [-0.2, 0) is 9.59 Å². The molecule has 17 heavy (non-hydrogen) atoms. The second kappa shape index (κ2) is 5.90. The van der Waals surface area contributed by atoms with Gasteiger partial charge in [0.15, 0.2) is 0 Å². The summed E-state index contributed by atoms with van der Waals surface area (Å²) < 4.78 is 0.770. The highest BCUT2D eigenvalue weighted by atomic mass is 79.9. The summed E-state index contributed by atoms with van der Waals surface area (Å²) in [4.78, 5) is 22.4. The lowest BCUT2D eigenvalue weighted by atomic mass is 10.0. The number of Topliss-reactive ketones (excluding diaryl/α,β-unsaturated/α-hetero) is 1. The third-order valence-corrected chi connectivity index (χ3v) is 2.64. The number of halogens is 1. The Kier molecular flexibility index (Phi) is 4.80. The standard InChI is InChI=1S/C11H12BrNO4/c1-13(17)11(16)10(15)6-9(14)7-3-2-4-8(12)5-7/h2-5,9,14,17H,6H2,1H3. The second-order valence-electron chi connectivity index (χ2n) is 3.53. The van der Waals surface area contributed by atoms with Crippen molar-refractivity contribution in [1.82, 2.24) is 5.06 Å². The van der Waals surface area contributed by atoms with Crippen LogP contribution in [0, 0.1) is 0 Å². The Bertz CT molecular complexity index is 433. The average molecular weight is 302 g/mol. The highest BCUT2D eigenvalue weighted by Crippen LogP contribution is 2.20. The number of hydroxylamine groups is 2. The van der Waals surface area contributed by atoms with Gasteiger partial charge in [0, 0.05) is 17.9 Å². The Morgan fingerprint density at radius 3 is 2.65 bits per heavy atom. The van der Waals surface area contributed by atoms with Gasteiger partial charge >= 0.3 is 5.91 Å². The van der Waals surface area contributed by atoms with Crippen molar-refractivity contribution in [2.45, 2.75) is 12.5 Å². The Morgan fingerprint density at radius 1 is 1.47 bits per heavy atom. The first kappa shape index (κ1) is 13.8. The van der Waals surface area contributed by atoms with Gasteiger partial charge in [0.1, 0.15) is 0 Å². The van der Waals surface area contributed by atoms with Gasteiger partial charge in [-0.05, 0) is 17.7 Å². The minimum atomic E-state index is -1.07. The van der Waals surface area contributed by atoms with Crippen LogP contribution in [0.2, 0.25) is 0 Å². The Morgan fingerprint density at radius 2 is 2.12 bits per heavy atom. The van der Waals surface area contributed by atoms with Crippen molar-refractivity contribution in [3.05, 3.63) is 34.3 Å². The smallest absolute Gasteiger partial charge is 0.313 e. The van der Waals surface area contributed by atoms with E-state index in [9.17, 15) is 14.7 Å². The minimum absolute atomic E-state index is 0.204. The number of hydrogen-bond acceptors (Lipinski definition) is 4. The summed E-state index contributed by atoms with van der Waals surface area (Å²) in [6.07, 6.45) is -1.43. The summed E-state index contributed by atoms with van der Waals surface area (Å²) in [7, 11) is 1.06. The van der Waals surface area contributed by atoms with E-state index in [2.05, 4.69) is 15.9 Å². The van der Waals surface area contributed by atoms with Crippen LogP contribution in [0.25, 0.3) is 0 Å². The van der Waals surface area contributed by atoms with Crippen LogP contribution in [0.3, 0.4) is 0 Å². The van der Waals surface area contributed by atoms with E-state index in [1.165, 1.54) is 0 Å². The number of ketones is 1. The normalized spacial score (nSPS) is 12.0. The SMILES string of the molecule is CN(O)C(=O)C(=O)CC(O)c1cccc(Br)c1. The molecule has 0 fully saturated rings. The number of carbonyl (C=O) groups is 2. The Labute approximate surface area is 107 Å². The van der Waals surface area contributed by atoms with Crippen molar-refractivity contribution in [2.75, 3.05) is 7.05 Å². The van der Waals surface area contributed by atoms with Crippen LogP contribution in [-0.4, -0.2) is 34.1 Å². The molecule has 0 saturated heterocycles. The van der Waals surface area contributed by atoms with Gasteiger partial charge in [0.2, 0.25) is 5.78 Å². The molecule has 0 aliphatic rings. The van der Waals surface area contributed by atoms with E-state index in [0.717, 1.165) is 11.5 Å². The number of benzene rings is 1. The van der Waals surface area contributed by atoms with E-state index < -0.39 is 17.8 Å². The van der Waals surface area contributed by atoms with E-state index >= 15 is 0 Å². The molecule has 5 nitrogen and oxygen atoms in total. The average Bonchev–Trinajstić information content (AvgIpc) is 2.27. The summed E-state index contributed by atoms with van der Waals surface area (Å²) in [6, 6.07) is 6.80. The molecule has 0 aromatic heterocycles. The third-order valence-electron chi connectivity index (χ3n) is 2.14. The maximum absolute atomic E-state index is 11.3. The van der Waals surface area contributed by atoms with E-state index in [1.54, 1.807) is 24.3 Å². The zero-order valence-electron chi connectivity index (χ0n) is 9.13. The first-order chi connectivity index (χ1) is 7.91. The molecule has 1 aromatic rings. The van der Waals surface area contributed by atoms with E-state index in [4.69, 9.17) is 5.21 Å². The predicted octanol–water partition coefficient (Wildman–Crippen LogP) is 1.29. The van der Waals surface area contributed by atoms with Crippen LogP contribution in [0.1, 0.15) is 18.1 Å². The maximum Gasteiger partial charge on any atom is 0.313 e. The van der Waals surface area contributed by atoms with Crippen LogP contribution in [0.5, 0.6) is 0 Å². The fraction of sp³-hybridized carbons (Fsp3) is 0.273. The van der Waals surface area contributed by atoms with Crippen LogP contribution >= 0.6 is 15.9 Å².